The first-order valence-electron chi connectivity index (χ1n) is 7.73. The lowest BCUT2D eigenvalue weighted by Gasteiger charge is -2.30. The summed E-state index contributed by atoms with van der Waals surface area (Å²) in [6.07, 6.45) is 1.53. The standard InChI is InChI=1S/C16H18ClN3O3/c17-11-2-1-3-12(8-11)20-14(21)9-13(16(20)23)19-6-4-10(5-7-19)15(18)22/h1-3,8,10,13H,4-7,9H2,(H2,18,22)/p+1/t13-/m1/s1. The molecule has 2 heterocycles. The normalized spacial score (nSPS) is 28.2. The van der Waals surface area contributed by atoms with Gasteiger partial charge in [-0.3, -0.25) is 14.4 Å². The maximum Gasteiger partial charge on any atom is 0.292 e. The van der Waals surface area contributed by atoms with Crippen molar-refractivity contribution in [3.05, 3.63) is 29.3 Å². The fourth-order valence-corrected chi connectivity index (χ4v) is 3.64. The van der Waals surface area contributed by atoms with E-state index in [1.807, 2.05) is 0 Å². The zero-order valence-corrected chi connectivity index (χ0v) is 13.4. The van der Waals surface area contributed by atoms with Gasteiger partial charge in [0.1, 0.15) is 0 Å². The van der Waals surface area contributed by atoms with Crippen LogP contribution in [0.5, 0.6) is 0 Å². The van der Waals surface area contributed by atoms with E-state index in [4.69, 9.17) is 17.3 Å². The number of nitrogens with two attached hydrogens (primary N) is 1. The van der Waals surface area contributed by atoms with Crippen LogP contribution < -0.4 is 15.5 Å². The molecule has 3 rings (SSSR count). The molecule has 1 aromatic rings. The topological polar surface area (TPSA) is 84.9 Å². The number of halogens is 1. The largest absolute Gasteiger partial charge is 0.369 e. The lowest BCUT2D eigenvalue weighted by molar-refractivity contribution is -0.920. The minimum Gasteiger partial charge on any atom is -0.369 e. The molecular formula is C16H19ClN3O3+. The van der Waals surface area contributed by atoms with E-state index in [0.717, 1.165) is 4.90 Å². The molecule has 2 aliphatic rings. The van der Waals surface area contributed by atoms with Crippen LogP contribution in [-0.4, -0.2) is 36.9 Å². The maximum atomic E-state index is 12.7. The Hall–Kier alpha value is -1.92. The van der Waals surface area contributed by atoms with Crippen LogP contribution in [0, 0.1) is 5.92 Å². The number of amides is 3. The van der Waals surface area contributed by atoms with Gasteiger partial charge in [0.15, 0.2) is 6.04 Å². The number of imide groups is 1. The number of nitrogens with one attached hydrogen (secondary N) is 1. The number of carbonyl (C=O) groups is 3. The first-order valence-corrected chi connectivity index (χ1v) is 8.11. The molecule has 0 saturated carbocycles. The number of benzene rings is 1. The second-order valence-electron chi connectivity index (χ2n) is 6.14. The molecule has 0 aliphatic carbocycles. The van der Waals surface area contributed by atoms with Gasteiger partial charge in [-0.25, -0.2) is 4.90 Å². The number of hydrogen-bond acceptors (Lipinski definition) is 3. The fourth-order valence-electron chi connectivity index (χ4n) is 3.46. The minimum atomic E-state index is -0.379. The summed E-state index contributed by atoms with van der Waals surface area (Å²) in [7, 11) is 0. The van der Waals surface area contributed by atoms with Gasteiger partial charge in [-0.15, -0.1) is 0 Å². The number of rotatable bonds is 3. The summed E-state index contributed by atoms with van der Waals surface area (Å²) in [5.74, 6) is -0.787. The van der Waals surface area contributed by atoms with E-state index >= 15 is 0 Å². The van der Waals surface area contributed by atoms with Crippen molar-refractivity contribution in [3.63, 3.8) is 0 Å². The van der Waals surface area contributed by atoms with Crippen LogP contribution in [-0.2, 0) is 14.4 Å². The Morgan fingerprint density at radius 1 is 1.26 bits per heavy atom. The lowest BCUT2D eigenvalue weighted by atomic mass is 9.95. The van der Waals surface area contributed by atoms with Crippen LogP contribution >= 0.6 is 11.6 Å². The molecule has 6 nitrogen and oxygen atoms in total. The van der Waals surface area contributed by atoms with Crippen LogP contribution in [0.25, 0.3) is 0 Å². The highest BCUT2D eigenvalue weighted by Gasteiger charge is 2.46. The van der Waals surface area contributed by atoms with E-state index in [1.165, 1.54) is 4.90 Å². The smallest absolute Gasteiger partial charge is 0.292 e. The van der Waals surface area contributed by atoms with Crippen molar-refractivity contribution in [2.75, 3.05) is 18.0 Å². The number of likely N-dealkylation sites (tertiary alicyclic amines) is 1. The van der Waals surface area contributed by atoms with Crippen LogP contribution in [0.1, 0.15) is 19.3 Å². The van der Waals surface area contributed by atoms with Crippen LogP contribution in [0.3, 0.4) is 0 Å². The molecule has 2 aliphatic heterocycles. The zero-order chi connectivity index (χ0) is 16.6. The summed E-state index contributed by atoms with van der Waals surface area (Å²) in [6.45, 7) is 1.36. The summed E-state index contributed by atoms with van der Waals surface area (Å²) in [4.78, 5) is 38.5. The molecule has 1 atom stereocenters. The first kappa shape index (κ1) is 16.0. The van der Waals surface area contributed by atoms with Crippen molar-refractivity contribution in [1.29, 1.82) is 0 Å². The quantitative estimate of drug-likeness (QED) is 0.747. The number of hydrogen-bond donors (Lipinski definition) is 2. The minimum absolute atomic E-state index is 0.116. The molecule has 0 aromatic heterocycles. The van der Waals surface area contributed by atoms with Gasteiger partial charge >= 0.3 is 0 Å². The number of piperidine rings is 1. The number of carbonyl (C=O) groups excluding carboxylic acids is 3. The van der Waals surface area contributed by atoms with Gasteiger partial charge in [-0.05, 0) is 18.2 Å². The van der Waals surface area contributed by atoms with E-state index in [-0.39, 0.29) is 36.1 Å². The Bertz CT molecular complexity index is 656. The number of anilines is 1. The third-order valence-corrected chi connectivity index (χ3v) is 4.97. The average molecular weight is 337 g/mol. The van der Waals surface area contributed by atoms with E-state index in [1.54, 1.807) is 24.3 Å². The van der Waals surface area contributed by atoms with E-state index in [2.05, 4.69) is 0 Å². The summed E-state index contributed by atoms with van der Waals surface area (Å²) in [6, 6.07) is 6.37. The first-order chi connectivity index (χ1) is 11.0. The van der Waals surface area contributed by atoms with Crippen molar-refractivity contribution < 1.29 is 19.3 Å². The molecule has 3 N–H and O–H groups in total. The van der Waals surface area contributed by atoms with Crippen molar-refractivity contribution in [3.8, 4) is 0 Å². The van der Waals surface area contributed by atoms with E-state index < -0.39 is 0 Å². The van der Waals surface area contributed by atoms with Crippen molar-refractivity contribution in [1.82, 2.24) is 0 Å². The Balaban J connectivity index is 1.73. The molecule has 1 aromatic carbocycles. The van der Waals surface area contributed by atoms with Crippen molar-refractivity contribution in [2.24, 2.45) is 11.7 Å². The molecule has 0 radical (unpaired) electrons. The maximum absolute atomic E-state index is 12.7. The zero-order valence-electron chi connectivity index (χ0n) is 12.6. The highest BCUT2D eigenvalue weighted by molar-refractivity contribution is 6.31. The van der Waals surface area contributed by atoms with Gasteiger partial charge in [0, 0.05) is 23.8 Å². The number of quaternary nitrogens is 1. The van der Waals surface area contributed by atoms with Gasteiger partial charge in [-0.2, -0.15) is 0 Å². The van der Waals surface area contributed by atoms with Gasteiger partial charge in [-0.1, -0.05) is 17.7 Å². The third-order valence-electron chi connectivity index (χ3n) is 4.74. The number of primary amides is 1. The Morgan fingerprint density at radius 2 is 1.96 bits per heavy atom. The van der Waals surface area contributed by atoms with Gasteiger partial charge in [0.25, 0.3) is 5.91 Å². The highest BCUT2D eigenvalue weighted by atomic mass is 35.5. The predicted octanol–water partition coefficient (Wildman–Crippen LogP) is -0.248. The Morgan fingerprint density at radius 3 is 2.57 bits per heavy atom. The molecule has 0 spiro atoms. The summed E-state index contributed by atoms with van der Waals surface area (Å²) in [5, 5.41) is 0.487. The third kappa shape index (κ3) is 3.09. The van der Waals surface area contributed by atoms with Crippen LogP contribution in [0.2, 0.25) is 5.02 Å². The second-order valence-corrected chi connectivity index (χ2v) is 6.58. The van der Waals surface area contributed by atoms with E-state index in [0.29, 0.717) is 36.6 Å². The SMILES string of the molecule is NC(=O)C1CC[NH+]([C@@H]2CC(=O)N(c3cccc(Cl)c3)C2=O)CC1. The molecule has 122 valence electrons. The Labute approximate surface area is 139 Å². The monoisotopic (exact) mass is 336 g/mol. The highest BCUT2D eigenvalue weighted by Crippen LogP contribution is 2.25. The molecule has 7 heteroatoms. The molecular weight excluding hydrogens is 318 g/mol. The molecule has 2 fully saturated rings. The number of nitrogens with zero attached hydrogens (tertiary/aromatic N) is 1. The predicted molar refractivity (Wildman–Crippen MR) is 85.0 cm³/mol. The average Bonchev–Trinajstić information content (AvgIpc) is 2.82. The van der Waals surface area contributed by atoms with Gasteiger partial charge < -0.3 is 10.6 Å². The lowest BCUT2D eigenvalue weighted by Crippen LogP contribution is -3.17. The molecule has 2 saturated heterocycles. The van der Waals surface area contributed by atoms with Crippen molar-refractivity contribution >= 4 is 35.0 Å². The van der Waals surface area contributed by atoms with Gasteiger partial charge in [0.2, 0.25) is 11.8 Å². The Kier molecular flexibility index (Phi) is 4.37. The summed E-state index contributed by atoms with van der Waals surface area (Å²) in [5.41, 5.74) is 5.85. The summed E-state index contributed by atoms with van der Waals surface area (Å²) < 4.78 is 0. The molecule has 0 unspecified atom stereocenters. The summed E-state index contributed by atoms with van der Waals surface area (Å²) >= 11 is 5.95. The molecule has 3 amide bonds. The van der Waals surface area contributed by atoms with Crippen LogP contribution in [0.4, 0.5) is 5.69 Å². The molecule has 0 bridgehead atoms. The van der Waals surface area contributed by atoms with Crippen molar-refractivity contribution in [2.45, 2.75) is 25.3 Å². The second kappa shape index (κ2) is 6.29. The van der Waals surface area contributed by atoms with Gasteiger partial charge in [0.05, 0.1) is 25.2 Å². The fraction of sp³-hybridized carbons (Fsp3) is 0.438. The van der Waals surface area contributed by atoms with Crippen LogP contribution in [0.15, 0.2) is 24.3 Å². The van der Waals surface area contributed by atoms with E-state index in [9.17, 15) is 14.4 Å². The molecule has 23 heavy (non-hydrogen) atoms.